The number of ether oxygens (including phenoxy) is 2. The fraction of sp³-hybridized carbons (Fsp3) is 1.00. The van der Waals surface area contributed by atoms with Crippen molar-refractivity contribution >= 4 is 0 Å². The highest BCUT2D eigenvalue weighted by molar-refractivity contribution is 4.68. The molecule has 1 atom stereocenters. The lowest BCUT2D eigenvalue weighted by Crippen LogP contribution is -2.33. The lowest BCUT2D eigenvalue weighted by Gasteiger charge is -2.27. The van der Waals surface area contributed by atoms with Crippen LogP contribution in [-0.4, -0.2) is 52.1 Å². The monoisotopic (exact) mass is 260 g/mol. The quantitative estimate of drug-likeness (QED) is 0.525. The van der Waals surface area contributed by atoms with Gasteiger partial charge in [0.1, 0.15) is 0 Å². The average molecular weight is 260 g/mol. The maximum absolute atomic E-state index is 5.84. The average Bonchev–Trinajstić information content (AvgIpc) is 2.33. The summed E-state index contributed by atoms with van der Waals surface area (Å²) < 4.78 is 11.7. The van der Waals surface area contributed by atoms with Crippen molar-refractivity contribution in [2.24, 2.45) is 0 Å². The van der Waals surface area contributed by atoms with Gasteiger partial charge >= 0.3 is 0 Å². The fourth-order valence-electron chi connectivity index (χ4n) is 1.63. The van der Waals surface area contributed by atoms with Crippen molar-refractivity contribution in [1.29, 1.82) is 0 Å². The highest BCUT2D eigenvalue weighted by Crippen LogP contribution is 2.12. The van der Waals surface area contributed by atoms with E-state index in [9.17, 15) is 0 Å². The molecule has 0 fully saturated rings. The minimum Gasteiger partial charge on any atom is -0.376 e. The summed E-state index contributed by atoms with van der Waals surface area (Å²) in [5.74, 6) is 0. The van der Waals surface area contributed by atoms with Crippen LogP contribution in [0.2, 0.25) is 0 Å². The van der Waals surface area contributed by atoms with E-state index in [0.29, 0.717) is 12.7 Å². The van der Waals surface area contributed by atoms with Gasteiger partial charge < -0.3 is 20.1 Å². The van der Waals surface area contributed by atoms with E-state index in [1.54, 1.807) is 0 Å². The van der Waals surface area contributed by atoms with Crippen LogP contribution >= 0.6 is 0 Å². The maximum atomic E-state index is 5.84. The molecule has 0 saturated heterocycles. The van der Waals surface area contributed by atoms with E-state index >= 15 is 0 Å². The summed E-state index contributed by atoms with van der Waals surface area (Å²) in [6.45, 7) is 9.81. The first kappa shape index (κ1) is 17.8. The maximum Gasteiger partial charge on any atom is 0.0859 e. The zero-order valence-corrected chi connectivity index (χ0v) is 12.8. The molecule has 0 aliphatic carbocycles. The molecule has 0 spiro atoms. The van der Waals surface area contributed by atoms with Gasteiger partial charge in [0.2, 0.25) is 0 Å². The van der Waals surface area contributed by atoms with Crippen LogP contribution < -0.4 is 10.6 Å². The molecule has 0 radical (unpaired) electrons. The van der Waals surface area contributed by atoms with Crippen molar-refractivity contribution < 1.29 is 9.47 Å². The lowest BCUT2D eigenvalue weighted by molar-refractivity contribution is -0.0925. The van der Waals surface area contributed by atoms with Crippen molar-refractivity contribution in [3.05, 3.63) is 0 Å². The van der Waals surface area contributed by atoms with E-state index in [1.165, 1.54) is 0 Å². The van der Waals surface area contributed by atoms with E-state index in [1.807, 2.05) is 14.1 Å². The highest BCUT2D eigenvalue weighted by Gasteiger charge is 2.19. The molecule has 0 heterocycles. The van der Waals surface area contributed by atoms with Crippen LogP contribution in [0.3, 0.4) is 0 Å². The Morgan fingerprint density at radius 2 is 1.67 bits per heavy atom. The van der Waals surface area contributed by atoms with Crippen molar-refractivity contribution in [3.63, 3.8) is 0 Å². The van der Waals surface area contributed by atoms with Gasteiger partial charge in [-0.1, -0.05) is 0 Å². The zero-order chi connectivity index (χ0) is 13.9. The fourth-order valence-corrected chi connectivity index (χ4v) is 1.63. The van der Waals surface area contributed by atoms with E-state index in [-0.39, 0.29) is 5.60 Å². The van der Waals surface area contributed by atoms with Gasteiger partial charge in [0.25, 0.3) is 0 Å². The van der Waals surface area contributed by atoms with Crippen LogP contribution in [0.25, 0.3) is 0 Å². The van der Waals surface area contributed by atoms with E-state index in [0.717, 1.165) is 39.0 Å². The molecule has 0 aliphatic rings. The summed E-state index contributed by atoms with van der Waals surface area (Å²) in [6.07, 6.45) is 3.59. The molecule has 18 heavy (non-hydrogen) atoms. The molecule has 0 aromatic heterocycles. The second kappa shape index (κ2) is 10.7. The molecule has 0 amide bonds. The third kappa shape index (κ3) is 11.0. The largest absolute Gasteiger partial charge is 0.376 e. The van der Waals surface area contributed by atoms with Crippen molar-refractivity contribution in [2.75, 3.05) is 40.4 Å². The third-order valence-corrected chi connectivity index (χ3v) is 2.82. The molecule has 0 aromatic carbocycles. The minimum atomic E-state index is -0.189. The molecule has 2 N–H and O–H groups in total. The van der Waals surface area contributed by atoms with Crippen LogP contribution in [-0.2, 0) is 9.47 Å². The molecule has 1 unspecified atom stereocenters. The number of nitrogens with one attached hydrogen (secondary N) is 2. The second-order valence-corrected chi connectivity index (χ2v) is 5.43. The van der Waals surface area contributed by atoms with E-state index in [2.05, 4.69) is 31.4 Å². The molecule has 110 valence electrons. The SMILES string of the molecule is CNCCCOC(C)(C)COC(C)CCCNC. The predicted molar refractivity (Wildman–Crippen MR) is 77.1 cm³/mol. The standard InChI is InChI=1S/C14H32N2O2/c1-13(8-6-9-15-4)17-12-14(2,3)18-11-7-10-16-5/h13,15-16H,6-12H2,1-5H3. The lowest BCUT2D eigenvalue weighted by atomic mass is 10.1. The Kier molecular flexibility index (Phi) is 10.6. The van der Waals surface area contributed by atoms with Gasteiger partial charge in [-0.3, -0.25) is 0 Å². The van der Waals surface area contributed by atoms with Crippen LogP contribution in [0.5, 0.6) is 0 Å². The van der Waals surface area contributed by atoms with Gasteiger partial charge in [-0.15, -0.1) is 0 Å². The number of hydrogen-bond donors (Lipinski definition) is 2. The zero-order valence-electron chi connectivity index (χ0n) is 12.8. The molecular weight excluding hydrogens is 228 g/mol. The minimum absolute atomic E-state index is 0.189. The Morgan fingerprint density at radius 3 is 2.28 bits per heavy atom. The van der Waals surface area contributed by atoms with Crippen LogP contribution in [0.4, 0.5) is 0 Å². The molecule has 4 nitrogen and oxygen atoms in total. The molecule has 4 heteroatoms. The summed E-state index contributed by atoms with van der Waals surface area (Å²) in [7, 11) is 3.94. The first-order valence-corrected chi connectivity index (χ1v) is 7.06. The Hall–Kier alpha value is -0.160. The van der Waals surface area contributed by atoms with Crippen LogP contribution in [0, 0.1) is 0 Å². The number of rotatable bonds is 12. The predicted octanol–water partition coefficient (Wildman–Crippen LogP) is 1.80. The van der Waals surface area contributed by atoms with Gasteiger partial charge in [0, 0.05) is 6.61 Å². The summed E-state index contributed by atoms with van der Waals surface area (Å²) in [5.41, 5.74) is -0.189. The van der Waals surface area contributed by atoms with Crippen molar-refractivity contribution in [2.45, 2.75) is 51.7 Å². The van der Waals surface area contributed by atoms with Crippen LogP contribution in [0.15, 0.2) is 0 Å². The van der Waals surface area contributed by atoms with Crippen molar-refractivity contribution in [3.8, 4) is 0 Å². The number of hydrogen-bond acceptors (Lipinski definition) is 4. The van der Waals surface area contributed by atoms with Crippen molar-refractivity contribution in [1.82, 2.24) is 10.6 Å². The molecule has 0 aliphatic heterocycles. The summed E-state index contributed by atoms with van der Waals surface area (Å²) in [4.78, 5) is 0. The Bertz CT molecular complexity index is 187. The summed E-state index contributed by atoms with van der Waals surface area (Å²) in [5, 5.41) is 6.26. The van der Waals surface area contributed by atoms with E-state index in [4.69, 9.17) is 9.47 Å². The molecular formula is C14H32N2O2. The Labute approximate surface area is 113 Å². The second-order valence-electron chi connectivity index (χ2n) is 5.43. The first-order chi connectivity index (χ1) is 8.52. The van der Waals surface area contributed by atoms with Gasteiger partial charge in [-0.2, -0.15) is 0 Å². The molecule has 0 saturated carbocycles. The normalized spacial score (nSPS) is 13.8. The Balaban J connectivity index is 3.60. The molecule has 0 bridgehead atoms. The summed E-state index contributed by atoms with van der Waals surface area (Å²) >= 11 is 0. The highest BCUT2D eigenvalue weighted by atomic mass is 16.5. The van der Waals surface area contributed by atoms with Gasteiger partial charge in [0.05, 0.1) is 18.3 Å². The Morgan fingerprint density at radius 1 is 1.06 bits per heavy atom. The third-order valence-electron chi connectivity index (χ3n) is 2.82. The smallest absolute Gasteiger partial charge is 0.0859 e. The van der Waals surface area contributed by atoms with Gasteiger partial charge in [-0.25, -0.2) is 0 Å². The first-order valence-electron chi connectivity index (χ1n) is 7.06. The molecule has 0 rings (SSSR count). The van der Waals surface area contributed by atoms with E-state index < -0.39 is 0 Å². The van der Waals surface area contributed by atoms with Gasteiger partial charge in [-0.05, 0) is 67.2 Å². The van der Waals surface area contributed by atoms with Crippen LogP contribution in [0.1, 0.15) is 40.0 Å². The summed E-state index contributed by atoms with van der Waals surface area (Å²) in [6, 6.07) is 0. The van der Waals surface area contributed by atoms with Gasteiger partial charge in [0.15, 0.2) is 0 Å². The topological polar surface area (TPSA) is 42.5 Å². The molecule has 0 aromatic rings.